The first kappa shape index (κ1) is 22.0. The Morgan fingerprint density at radius 1 is 1.07 bits per heavy atom. The minimum absolute atomic E-state index is 0.0906. The third-order valence-corrected chi connectivity index (χ3v) is 6.47. The fourth-order valence-corrected chi connectivity index (χ4v) is 4.58. The number of ether oxygens (including phenoxy) is 1. The van der Waals surface area contributed by atoms with E-state index in [1.54, 1.807) is 35.5 Å². The highest BCUT2D eigenvalue weighted by atomic mass is 32.2. The van der Waals surface area contributed by atoms with Crippen LogP contribution in [0.4, 0.5) is 5.95 Å². The SMILES string of the molecule is COc1ccc(S(=O)(=O)N[C@H](C(=O)N2CCN(c3ncccn3)CC2)C(C)C)cc1. The molecular formula is C20H27N5O4S. The van der Waals surface area contributed by atoms with Crippen molar-refractivity contribution in [3.8, 4) is 5.75 Å². The number of benzene rings is 1. The van der Waals surface area contributed by atoms with Gasteiger partial charge in [-0.25, -0.2) is 18.4 Å². The van der Waals surface area contributed by atoms with E-state index in [9.17, 15) is 13.2 Å². The lowest BCUT2D eigenvalue weighted by atomic mass is 10.0. The van der Waals surface area contributed by atoms with E-state index < -0.39 is 16.1 Å². The molecule has 1 saturated heterocycles. The van der Waals surface area contributed by atoms with Crippen molar-refractivity contribution in [3.63, 3.8) is 0 Å². The summed E-state index contributed by atoms with van der Waals surface area (Å²) in [5, 5.41) is 0. The maximum atomic E-state index is 13.1. The molecule has 0 saturated carbocycles. The number of carbonyl (C=O) groups excluding carboxylic acids is 1. The van der Waals surface area contributed by atoms with Gasteiger partial charge >= 0.3 is 0 Å². The molecular weight excluding hydrogens is 406 g/mol. The second-order valence-corrected chi connectivity index (χ2v) is 9.09. The molecule has 0 unspecified atom stereocenters. The van der Waals surface area contributed by atoms with Gasteiger partial charge in [-0.2, -0.15) is 4.72 Å². The Morgan fingerprint density at radius 3 is 2.20 bits per heavy atom. The Balaban J connectivity index is 1.67. The normalized spacial score (nSPS) is 15.9. The van der Waals surface area contributed by atoms with Crippen LogP contribution >= 0.6 is 0 Å². The molecule has 1 aliphatic rings. The molecule has 30 heavy (non-hydrogen) atoms. The van der Waals surface area contributed by atoms with E-state index in [-0.39, 0.29) is 16.7 Å². The van der Waals surface area contributed by atoms with Gasteiger partial charge in [0.05, 0.1) is 12.0 Å². The first-order chi connectivity index (χ1) is 14.3. The van der Waals surface area contributed by atoms with Crippen molar-refractivity contribution in [2.75, 3.05) is 38.2 Å². The molecule has 10 heteroatoms. The lowest BCUT2D eigenvalue weighted by Crippen LogP contribution is -2.56. The number of piperazine rings is 1. The van der Waals surface area contributed by atoms with Crippen LogP contribution in [0.2, 0.25) is 0 Å². The van der Waals surface area contributed by atoms with Crippen LogP contribution in [0.1, 0.15) is 13.8 Å². The number of carbonyl (C=O) groups is 1. The van der Waals surface area contributed by atoms with Crippen LogP contribution in [-0.2, 0) is 14.8 Å². The van der Waals surface area contributed by atoms with E-state index in [1.807, 2.05) is 18.7 Å². The number of sulfonamides is 1. The quantitative estimate of drug-likeness (QED) is 0.698. The summed E-state index contributed by atoms with van der Waals surface area (Å²) in [6, 6.07) is 6.98. The van der Waals surface area contributed by atoms with Gasteiger partial charge in [0, 0.05) is 38.6 Å². The second kappa shape index (κ2) is 9.40. The molecule has 0 spiro atoms. The minimum atomic E-state index is -3.85. The van der Waals surface area contributed by atoms with Crippen molar-refractivity contribution < 1.29 is 17.9 Å². The number of hydrogen-bond acceptors (Lipinski definition) is 7. The topological polar surface area (TPSA) is 105 Å². The fraction of sp³-hybridized carbons (Fsp3) is 0.450. The number of nitrogens with zero attached hydrogens (tertiary/aromatic N) is 4. The molecule has 1 amide bonds. The van der Waals surface area contributed by atoms with Gasteiger partial charge in [-0.1, -0.05) is 13.8 Å². The zero-order valence-electron chi connectivity index (χ0n) is 17.4. The van der Waals surface area contributed by atoms with Crippen molar-refractivity contribution in [2.24, 2.45) is 5.92 Å². The van der Waals surface area contributed by atoms with Gasteiger partial charge in [-0.3, -0.25) is 4.79 Å². The predicted octanol–water partition coefficient (Wildman–Crippen LogP) is 1.14. The molecule has 0 radical (unpaired) electrons. The molecule has 1 atom stereocenters. The predicted molar refractivity (Wildman–Crippen MR) is 113 cm³/mol. The summed E-state index contributed by atoms with van der Waals surface area (Å²) in [4.78, 5) is 25.4. The summed E-state index contributed by atoms with van der Waals surface area (Å²) >= 11 is 0. The van der Waals surface area contributed by atoms with Gasteiger partial charge in [-0.05, 0) is 36.2 Å². The van der Waals surface area contributed by atoms with E-state index in [4.69, 9.17) is 4.74 Å². The van der Waals surface area contributed by atoms with Crippen molar-refractivity contribution in [1.82, 2.24) is 19.6 Å². The van der Waals surface area contributed by atoms with Gasteiger partial charge in [0.2, 0.25) is 21.9 Å². The smallest absolute Gasteiger partial charge is 0.241 e. The first-order valence-electron chi connectivity index (χ1n) is 9.79. The average Bonchev–Trinajstić information content (AvgIpc) is 2.77. The number of nitrogens with one attached hydrogen (secondary N) is 1. The number of anilines is 1. The van der Waals surface area contributed by atoms with Crippen molar-refractivity contribution in [1.29, 1.82) is 0 Å². The van der Waals surface area contributed by atoms with Gasteiger partial charge in [0.1, 0.15) is 11.8 Å². The molecule has 1 N–H and O–H groups in total. The standard InChI is InChI=1S/C20H27N5O4S/c1-15(2)18(23-30(27,28)17-7-5-16(29-3)6-8-17)19(26)24-11-13-25(14-12-24)20-21-9-4-10-22-20/h4-10,15,18,23H,11-14H2,1-3H3/t18-/m0/s1. The molecule has 2 heterocycles. The lowest BCUT2D eigenvalue weighted by molar-refractivity contribution is -0.134. The van der Waals surface area contributed by atoms with Crippen LogP contribution in [0.5, 0.6) is 5.75 Å². The zero-order valence-corrected chi connectivity index (χ0v) is 18.2. The number of aromatic nitrogens is 2. The van der Waals surface area contributed by atoms with Crippen LogP contribution in [0.25, 0.3) is 0 Å². The first-order valence-corrected chi connectivity index (χ1v) is 11.3. The molecule has 1 aromatic heterocycles. The Bertz CT molecular complexity index is 943. The maximum absolute atomic E-state index is 13.1. The van der Waals surface area contributed by atoms with E-state index in [0.717, 1.165) is 0 Å². The highest BCUT2D eigenvalue weighted by molar-refractivity contribution is 7.89. The van der Waals surface area contributed by atoms with E-state index in [2.05, 4.69) is 14.7 Å². The number of methoxy groups -OCH3 is 1. The van der Waals surface area contributed by atoms with Crippen LogP contribution in [0.3, 0.4) is 0 Å². The summed E-state index contributed by atoms with van der Waals surface area (Å²) in [5.41, 5.74) is 0. The lowest BCUT2D eigenvalue weighted by Gasteiger charge is -2.37. The van der Waals surface area contributed by atoms with Crippen molar-refractivity contribution in [3.05, 3.63) is 42.7 Å². The molecule has 0 bridgehead atoms. The highest BCUT2D eigenvalue weighted by Crippen LogP contribution is 2.18. The van der Waals surface area contributed by atoms with Gasteiger partial charge in [-0.15, -0.1) is 0 Å². The number of rotatable bonds is 7. The highest BCUT2D eigenvalue weighted by Gasteiger charge is 2.33. The van der Waals surface area contributed by atoms with Gasteiger partial charge in [0.15, 0.2) is 0 Å². The minimum Gasteiger partial charge on any atom is -0.497 e. The molecule has 9 nitrogen and oxygen atoms in total. The maximum Gasteiger partial charge on any atom is 0.241 e. The van der Waals surface area contributed by atoms with Crippen LogP contribution in [0, 0.1) is 5.92 Å². The third kappa shape index (κ3) is 5.06. The van der Waals surface area contributed by atoms with Crippen LogP contribution in [0.15, 0.2) is 47.6 Å². The summed E-state index contributed by atoms with van der Waals surface area (Å²) in [6.07, 6.45) is 3.37. The summed E-state index contributed by atoms with van der Waals surface area (Å²) < 4.78 is 33.3. The molecule has 2 aromatic rings. The molecule has 1 aromatic carbocycles. The number of hydrogen-bond donors (Lipinski definition) is 1. The summed E-state index contributed by atoms with van der Waals surface area (Å²) in [7, 11) is -2.34. The van der Waals surface area contributed by atoms with Crippen LogP contribution < -0.4 is 14.4 Å². The van der Waals surface area contributed by atoms with E-state index in [1.165, 1.54) is 19.2 Å². The Kier molecular flexibility index (Phi) is 6.88. The summed E-state index contributed by atoms with van der Waals surface area (Å²) in [5.74, 6) is 0.757. The van der Waals surface area contributed by atoms with Crippen molar-refractivity contribution >= 4 is 21.9 Å². The molecule has 1 aliphatic heterocycles. The second-order valence-electron chi connectivity index (χ2n) is 7.38. The molecule has 3 rings (SSSR count). The molecule has 1 fully saturated rings. The Hall–Kier alpha value is -2.72. The third-order valence-electron chi connectivity index (χ3n) is 5.01. The summed E-state index contributed by atoms with van der Waals surface area (Å²) in [6.45, 7) is 5.78. The fourth-order valence-electron chi connectivity index (χ4n) is 3.24. The molecule has 162 valence electrons. The zero-order chi connectivity index (χ0) is 21.7. The number of amides is 1. The van der Waals surface area contributed by atoms with E-state index in [0.29, 0.717) is 37.9 Å². The largest absolute Gasteiger partial charge is 0.497 e. The van der Waals surface area contributed by atoms with Gasteiger partial charge in [0.25, 0.3) is 0 Å². The molecule has 0 aliphatic carbocycles. The van der Waals surface area contributed by atoms with E-state index >= 15 is 0 Å². The van der Waals surface area contributed by atoms with Crippen molar-refractivity contribution in [2.45, 2.75) is 24.8 Å². The monoisotopic (exact) mass is 433 g/mol. The van der Waals surface area contributed by atoms with Crippen LogP contribution in [-0.4, -0.2) is 68.5 Å². The Morgan fingerprint density at radius 2 is 1.67 bits per heavy atom. The Labute approximate surface area is 177 Å². The van der Waals surface area contributed by atoms with Gasteiger partial charge < -0.3 is 14.5 Å². The average molecular weight is 434 g/mol.